The summed E-state index contributed by atoms with van der Waals surface area (Å²) in [4.78, 5) is 35.8. The lowest BCUT2D eigenvalue weighted by Crippen LogP contribution is -2.47. The quantitative estimate of drug-likeness (QED) is 0.370. The van der Waals surface area contributed by atoms with Gasteiger partial charge in [0.15, 0.2) is 0 Å². The number of amides is 2. The molecular weight excluding hydrogens is 600 g/mol. The van der Waals surface area contributed by atoms with E-state index < -0.39 is 5.41 Å². The number of hydrogen-bond acceptors (Lipinski definition) is 7. The Balaban J connectivity index is 1.03. The number of carbonyl (C=O) groups is 2. The summed E-state index contributed by atoms with van der Waals surface area (Å²) in [6, 6.07) is 21.7. The molecule has 1 spiro atoms. The summed E-state index contributed by atoms with van der Waals surface area (Å²) in [5.41, 5.74) is 16.5. The first-order chi connectivity index (χ1) is 22.4. The van der Waals surface area contributed by atoms with Crippen LogP contribution in [-0.2, 0) is 11.3 Å². The highest BCUT2D eigenvalue weighted by Crippen LogP contribution is 2.44. The van der Waals surface area contributed by atoms with Gasteiger partial charge in [0.25, 0.3) is 5.91 Å². The zero-order chi connectivity index (χ0) is 32.3. The van der Waals surface area contributed by atoms with Crippen LogP contribution in [0.25, 0.3) is 5.57 Å². The molecule has 0 radical (unpaired) electrons. The van der Waals surface area contributed by atoms with Crippen LogP contribution in [-0.4, -0.2) is 81.1 Å². The van der Waals surface area contributed by atoms with E-state index in [0.29, 0.717) is 50.3 Å². The number of ether oxygens (including phenoxy) is 1. The second kappa shape index (κ2) is 13.7. The average Bonchev–Trinajstić information content (AvgIpc) is 3.41. The normalized spacial score (nSPS) is 18.8. The fourth-order valence-corrected chi connectivity index (χ4v) is 7.27. The van der Waals surface area contributed by atoms with Crippen molar-refractivity contribution in [3.63, 3.8) is 0 Å². The van der Waals surface area contributed by atoms with Crippen molar-refractivity contribution in [1.29, 1.82) is 0 Å². The zero-order valence-corrected chi connectivity index (χ0v) is 27.2. The van der Waals surface area contributed by atoms with Crippen molar-refractivity contribution in [3.8, 4) is 5.75 Å². The van der Waals surface area contributed by atoms with Crippen molar-refractivity contribution in [2.45, 2.75) is 25.8 Å². The fraction of sp³-hybridized carbons (Fsp3) is 0.389. The Labute approximate surface area is 276 Å². The Kier molecular flexibility index (Phi) is 9.54. The van der Waals surface area contributed by atoms with E-state index in [1.54, 1.807) is 7.11 Å². The average molecular weight is 643 g/mol. The molecule has 3 aliphatic rings. The van der Waals surface area contributed by atoms with Gasteiger partial charge in [0.05, 0.1) is 12.5 Å². The molecule has 4 N–H and O–H groups in total. The van der Waals surface area contributed by atoms with E-state index in [1.807, 2.05) is 58.3 Å². The number of nitrogens with two attached hydrogens (primary N) is 2. The third-order valence-electron chi connectivity index (χ3n) is 9.99. The van der Waals surface area contributed by atoms with Gasteiger partial charge in [0.1, 0.15) is 5.75 Å². The molecule has 0 aromatic heterocycles. The van der Waals surface area contributed by atoms with Crippen molar-refractivity contribution in [2.24, 2.45) is 16.9 Å². The van der Waals surface area contributed by atoms with Gasteiger partial charge >= 0.3 is 0 Å². The highest BCUT2D eigenvalue weighted by molar-refractivity contribution is 6.31. The number of hydrogen-bond donors (Lipinski definition) is 2. The number of piperidine rings is 1. The van der Waals surface area contributed by atoms with Crippen LogP contribution in [0, 0.1) is 5.41 Å². The first-order valence-electron chi connectivity index (χ1n) is 16.1. The van der Waals surface area contributed by atoms with Crippen LogP contribution < -0.4 is 26.0 Å². The predicted octanol–water partition coefficient (Wildman–Crippen LogP) is 4.59. The monoisotopic (exact) mass is 642 g/mol. The number of piperazine rings is 1. The highest BCUT2D eigenvalue weighted by atomic mass is 35.5. The van der Waals surface area contributed by atoms with E-state index in [2.05, 4.69) is 28.0 Å². The molecule has 3 saturated heterocycles. The van der Waals surface area contributed by atoms with Crippen LogP contribution in [0.15, 0.2) is 72.9 Å². The summed E-state index contributed by atoms with van der Waals surface area (Å²) < 4.78 is 5.61. The minimum atomic E-state index is -0.444. The summed E-state index contributed by atoms with van der Waals surface area (Å²) in [6.45, 7) is 6.68. The van der Waals surface area contributed by atoms with Gasteiger partial charge in [-0.25, -0.2) is 0 Å². The topological polar surface area (TPSA) is 108 Å². The molecule has 3 aliphatic heterocycles. The Morgan fingerprint density at radius 2 is 1.59 bits per heavy atom. The van der Waals surface area contributed by atoms with E-state index in [4.69, 9.17) is 27.8 Å². The third kappa shape index (κ3) is 6.32. The largest absolute Gasteiger partial charge is 0.496 e. The molecule has 3 aromatic carbocycles. The number of carbonyl (C=O) groups excluding carboxylic acids is 2. The van der Waals surface area contributed by atoms with Crippen molar-refractivity contribution >= 4 is 40.4 Å². The lowest BCUT2D eigenvalue weighted by Gasteiger charge is -2.38. The molecule has 3 aromatic rings. The van der Waals surface area contributed by atoms with Crippen molar-refractivity contribution in [1.82, 2.24) is 9.80 Å². The Hall–Kier alpha value is -4.05. The number of likely N-dealkylation sites (tertiary alicyclic amines) is 1. The van der Waals surface area contributed by atoms with Crippen molar-refractivity contribution in [2.75, 3.05) is 69.3 Å². The van der Waals surface area contributed by atoms with E-state index in [9.17, 15) is 9.59 Å². The maximum absolute atomic E-state index is 13.8. The van der Waals surface area contributed by atoms with Crippen LogP contribution in [0.3, 0.4) is 0 Å². The van der Waals surface area contributed by atoms with Crippen LogP contribution in [0.4, 0.5) is 11.4 Å². The molecule has 0 atom stereocenters. The number of anilines is 2. The molecular formula is C36H43ClN6O3. The first-order valence-corrected chi connectivity index (χ1v) is 16.4. The standard InChI is InChI=1S/C36H43ClN6O3/c1-46-33-22-30(10-11-31(33)28(23-38)24-39)43-17-14-36(35(43)45)12-15-42(16-13-36)34(44)26-6-8-29(9-7-26)41-20-18-40(19-21-41)25-27-4-2-3-5-32(27)37/h2-11,22-23H,12-21,24-25,38-39H2,1H3/b28-23+. The summed E-state index contributed by atoms with van der Waals surface area (Å²) in [5.74, 6) is 0.784. The van der Waals surface area contributed by atoms with Crippen molar-refractivity contribution < 1.29 is 14.3 Å². The smallest absolute Gasteiger partial charge is 0.253 e. The van der Waals surface area contributed by atoms with Crippen LogP contribution in [0.1, 0.15) is 40.7 Å². The second-order valence-electron chi connectivity index (χ2n) is 12.5. The van der Waals surface area contributed by atoms with E-state index in [1.165, 1.54) is 6.20 Å². The van der Waals surface area contributed by atoms with Gasteiger partial charge in [-0.1, -0.05) is 29.8 Å². The Bertz CT molecular complexity index is 1590. The molecule has 0 saturated carbocycles. The maximum atomic E-state index is 13.8. The molecule has 6 rings (SSSR count). The molecule has 3 fully saturated rings. The van der Waals surface area contributed by atoms with Gasteiger partial charge in [-0.05, 0) is 79.1 Å². The number of halogens is 1. The molecule has 2 amide bonds. The summed E-state index contributed by atoms with van der Waals surface area (Å²) in [5, 5.41) is 0.816. The molecule has 0 aliphatic carbocycles. The molecule has 242 valence electrons. The molecule has 46 heavy (non-hydrogen) atoms. The molecule has 0 bridgehead atoms. The van der Waals surface area contributed by atoms with E-state index >= 15 is 0 Å². The summed E-state index contributed by atoms with van der Waals surface area (Å²) >= 11 is 6.36. The van der Waals surface area contributed by atoms with Gasteiger partial charge in [-0.15, -0.1) is 0 Å². The Morgan fingerprint density at radius 1 is 0.913 bits per heavy atom. The minimum absolute atomic E-state index is 0.0252. The number of nitrogens with zero attached hydrogens (tertiary/aromatic N) is 4. The lowest BCUT2D eigenvalue weighted by atomic mass is 9.77. The zero-order valence-electron chi connectivity index (χ0n) is 26.5. The number of rotatable bonds is 8. The SMILES string of the molecule is COc1cc(N2CCC3(CCN(C(=O)c4ccc(N5CCN(Cc6ccccc6Cl)CC5)cc4)CC3)C2=O)ccc1/C(=C/N)CN. The molecule has 0 unspecified atom stereocenters. The number of benzene rings is 3. The van der Waals surface area contributed by atoms with Gasteiger partial charge < -0.3 is 30.9 Å². The maximum Gasteiger partial charge on any atom is 0.253 e. The van der Waals surface area contributed by atoms with E-state index in [0.717, 1.165) is 72.2 Å². The number of methoxy groups -OCH3 is 1. The molecule has 3 heterocycles. The van der Waals surface area contributed by atoms with E-state index in [-0.39, 0.29) is 11.8 Å². The summed E-state index contributed by atoms with van der Waals surface area (Å²) in [6.07, 6.45) is 3.58. The van der Waals surface area contributed by atoms with Gasteiger partial charge in [-0.2, -0.15) is 0 Å². The molecule has 10 heteroatoms. The first kappa shape index (κ1) is 31.9. The summed E-state index contributed by atoms with van der Waals surface area (Å²) in [7, 11) is 1.60. The van der Waals surface area contributed by atoms with Crippen LogP contribution in [0.2, 0.25) is 5.02 Å². The third-order valence-corrected chi connectivity index (χ3v) is 10.4. The lowest BCUT2D eigenvalue weighted by molar-refractivity contribution is -0.127. The minimum Gasteiger partial charge on any atom is -0.496 e. The Morgan fingerprint density at radius 3 is 2.24 bits per heavy atom. The van der Waals surface area contributed by atoms with Crippen molar-refractivity contribution in [3.05, 3.63) is 94.6 Å². The molecule has 9 nitrogen and oxygen atoms in total. The van der Waals surface area contributed by atoms with Gasteiger partial charge in [0.2, 0.25) is 5.91 Å². The van der Waals surface area contributed by atoms with Crippen LogP contribution >= 0.6 is 11.6 Å². The van der Waals surface area contributed by atoms with Crippen LogP contribution in [0.5, 0.6) is 5.75 Å². The predicted molar refractivity (Wildman–Crippen MR) is 184 cm³/mol. The second-order valence-corrected chi connectivity index (χ2v) is 12.9. The fourth-order valence-electron chi connectivity index (χ4n) is 7.08. The highest BCUT2D eigenvalue weighted by Gasteiger charge is 2.49. The van der Waals surface area contributed by atoms with Gasteiger partial charge in [0, 0.05) is 92.5 Å². The van der Waals surface area contributed by atoms with Gasteiger partial charge in [-0.3, -0.25) is 14.5 Å².